The van der Waals surface area contributed by atoms with Crippen LogP contribution in [0, 0.1) is 0 Å². The van der Waals surface area contributed by atoms with Crippen molar-refractivity contribution in [3.8, 4) is 34.1 Å². The van der Waals surface area contributed by atoms with Gasteiger partial charge in [0, 0.05) is 0 Å². The topological polar surface area (TPSA) is 95.5 Å². The second-order valence-electron chi connectivity index (χ2n) is 8.46. The summed E-state index contributed by atoms with van der Waals surface area (Å²) in [5.41, 5.74) is 5.63. The number of benzene rings is 4. The molecule has 1 N–H and O–H groups in total. The highest BCUT2D eigenvalue weighted by Gasteiger charge is 2.13. The lowest BCUT2D eigenvalue weighted by Gasteiger charge is -2.11. The lowest BCUT2D eigenvalue weighted by molar-refractivity contribution is -0.123. The van der Waals surface area contributed by atoms with Crippen molar-refractivity contribution in [3.05, 3.63) is 108 Å². The number of ether oxygens (including phenoxy) is 4. The van der Waals surface area contributed by atoms with E-state index in [2.05, 4.69) is 10.5 Å². The van der Waals surface area contributed by atoms with E-state index in [0.29, 0.717) is 41.6 Å². The SMILES string of the molecule is CCOc1ccc(C(=O)Oc2ccc(/C=N/NC(=O)COc3ccc(-c4ccccc4)cc3)cc2OCC)cc1. The first-order valence-electron chi connectivity index (χ1n) is 12.9. The molecule has 0 unspecified atom stereocenters. The van der Waals surface area contributed by atoms with Crippen molar-refractivity contribution in [3.63, 3.8) is 0 Å². The molecule has 0 heterocycles. The summed E-state index contributed by atoms with van der Waals surface area (Å²) in [7, 11) is 0. The van der Waals surface area contributed by atoms with E-state index in [1.54, 1.807) is 42.5 Å². The number of carbonyl (C=O) groups excluding carboxylic acids is 2. The molecule has 204 valence electrons. The Hall–Kier alpha value is -5.11. The number of hydrazone groups is 1. The molecular weight excluding hydrogens is 508 g/mol. The minimum Gasteiger partial charge on any atom is -0.494 e. The van der Waals surface area contributed by atoms with Gasteiger partial charge in [0.15, 0.2) is 18.1 Å². The van der Waals surface area contributed by atoms with E-state index in [9.17, 15) is 9.59 Å². The molecule has 0 fully saturated rings. The Morgan fingerprint density at radius 1 is 0.725 bits per heavy atom. The molecule has 0 aliphatic rings. The van der Waals surface area contributed by atoms with Gasteiger partial charge in [0.1, 0.15) is 11.5 Å². The molecule has 0 spiro atoms. The van der Waals surface area contributed by atoms with E-state index in [0.717, 1.165) is 11.1 Å². The summed E-state index contributed by atoms with van der Waals surface area (Å²) in [6, 6.07) is 29.2. The number of esters is 1. The van der Waals surface area contributed by atoms with Gasteiger partial charge in [0.2, 0.25) is 0 Å². The van der Waals surface area contributed by atoms with Gasteiger partial charge in [0.05, 0.1) is 25.0 Å². The Kier molecular flexibility index (Phi) is 9.88. The Balaban J connectivity index is 1.30. The van der Waals surface area contributed by atoms with Crippen LogP contribution in [0.1, 0.15) is 29.8 Å². The molecule has 0 bridgehead atoms. The summed E-state index contributed by atoms with van der Waals surface area (Å²) in [4.78, 5) is 24.8. The van der Waals surface area contributed by atoms with Crippen LogP contribution in [0.25, 0.3) is 11.1 Å². The molecule has 0 atom stereocenters. The zero-order valence-electron chi connectivity index (χ0n) is 22.3. The lowest BCUT2D eigenvalue weighted by atomic mass is 10.1. The molecule has 0 aliphatic carbocycles. The predicted molar refractivity (Wildman–Crippen MR) is 153 cm³/mol. The Morgan fingerprint density at radius 2 is 1.38 bits per heavy atom. The van der Waals surface area contributed by atoms with E-state index < -0.39 is 11.9 Å². The maximum atomic E-state index is 12.6. The second kappa shape index (κ2) is 14.2. The average molecular weight is 539 g/mol. The quantitative estimate of drug-likeness (QED) is 0.104. The second-order valence-corrected chi connectivity index (χ2v) is 8.46. The van der Waals surface area contributed by atoms with Crippen molar-refractivity contribution in [1.29, 1.82) is 0 Å². The molecule has 4 aromatic rings. The summed E-state index contributed by atoms with van der Waals surface area (Å²) in [6.07, 6.45) is 1.47. The van der Waals surface area contributed by atoms with Crippen molar-refractivity contribution in [1.82, 2.24) is 5.43 Å². The summed E-state index contributed by atoms with van der Waals surface area (Å²) >= 11 is 0. The summed E-state index contributed by atoms with van der Waals surface area (Å²) in [6.45, 7) is 4.44. The van der Waals surface area contributed by atoms with Gasteiger partial charge >= 0.3 is 5.97 Å². The molecule has 40 heavy (non-hydrogen) atoms. The van der Waals surface area contributed by atoms with E-state index in [1.165, 1.54) is 6.21 Å². The third kappa shape index (κ3) is 7.94. The standard InChI is InChI=1S/C32H30N2O6/c1-3-37-27-17-13-26(14-18-27)32(36)40-29-19-10-23(20-30(29)38-4-2)21-33-34-31(35)22-39-28-15-11-25(12-16-28)24-8-6-5-7-9-24/h5-21H,3-4,22H2,1-2H3,(H,34,35)/b33-21+. The van der Waals surface area contributed by atoms with Gasteiger partial charge in [-0.05, 0) is 85.1 Å². The van der Waals surface area contributed by atoms with E-state index >= 15 is 0 Å². The zero-order chi connectivity index (χ0) is 28.2. The molecule has 0 radical (unpaired) electrons. The first-order valence-corrected chi connectivity index (χ1v) is 12.9. The number of rotatable bonds is 12. The third-order valence-corrected chi connectivity index (χ3v) is 5.61. The van der Waals surface area contributed by atoms with Crippen LogP contribution in [-0.4, -0.2) is 37.9 Å². The van der Waals surface area contributed by atoms with Gasteiger partial charge in [-0.1, -0.05) is 42.5 Å². The van der Waals surface area contributed by atoms with Gasteiger partial charge in [0.25, 0.3) is 5.91 Å². The zero-order valence-corrected chi connectivity index (χ0v) is 22.3. The molecule has 4 aromatic carbocycles. The number of nitrogens with zero attached hydrogens (tertiary/aromatic N) is 1. The van der Waals surface area contributed by atoms with Crippen LogP contribution in [-0.2, 0) is 4.79 Å². The Labute approximate surface area is 233 Å². The van der Waals surface area contributed by atoms with Crippen LogP contribution < -0.4 is 24.4 Å². The van der Waals surface area contributed by atoms with Crippen LogP contribution in [0.2, 0.25) is 0 Å². The van der Waals surface area contributed by atoms with E-state index in [4.69, 9.17) is 18.9 Å². The van der Waals surface area contributed by atoms with Crippen molar-refractivity contribution in [2.45, 2.75) is 13.8 Å². The van der Waals surface area contributed by atoms with Crippen molar-refractivity contribution < 1.29 is 28.5 Å². The molecule has 8 heteroatoms. The van der Waals surface area contributed by atoms with E-state index in [1.807, 2.05) is 68.4 Å². The molecule has 0 saturated heterocycles. The molecule has 4 rings (SSSR count). The highest BCUT2D eigenvalue weighted by atomic mass is 16.6. The molecule has 0 aromatic heterocycles. The highest BCUT2D eigenvalue weighted by Crippen LogP contribution is 2.29. The lowest BCUT2D eigenvalue weighted by Crippen LogP contribution is -2.24. The minimum atomic E-state index is -0.521. The van der Waals surface area contributed by atoms with Crippen molar-refractivity contribution in [2.24, 2.45) is 5.10 Å². The van der Waals surface area contributed by atoms with E-state index in [-0.39, 0.29) is 12.4 Å². The van der Waals surface area contributed by atoms with Crippen molar-refractivity contribution in [2.75, 3.05) is 19.8 Å². The molecule has 0 aliphatic heterocycles. The van der Waals surface area contributed by atoms with Crippen LogP contribution >= 0.6 is 0 Å². The van der Waals surface area contributed by atoms with Gasteiger partial charge < -0.3 is 18.9 Å². The van der Waals surface area contributed by atoms with Gasteiger partial charge in [-0.25, -0.2) is 10.2 Å². The number of amides is 1. The van der Waals surface area contributed by atoms with Crippen LogP contribution in [0.4, 0.5) is 0 Å². The molecular formula is C32H30N2O6. The fraction of sp³-hybridized carbons (Fsp3) is 0.156. The Bertz CT molecular complexity index is 1430. The monoisotopic (exact) mass is 538 g/mol. The summed E-state index contributed by atoms with van der Waals surface area (Å²) in [5.74, 6) is 0.971. The third-order valence-electron chi connectivity index (χ3n) is 5.61. The van der Waals surface area contributed by atoms with Crippen LogP contribution in [0.3, 0.4) is 0 Å². The first-order chi connectivity index (χ1) is 19.6. The summed E-state index contributed by atoms with van der Waals surface area (Å²) in [5, 5.41) is 3.99. The van der Waals surface area contributed by atoms with Gasteiger partial charge in [-0.2, -0.15) is 5.10 Å². The van der Waals surface area contributed by atoms with Crippen LogP contribution in [0.15, 0.2) is 102 Å². The van der Waals surface area contributed by atoms with Crippen molar-refractivity contribution >= 4 is 18.1 Å². The smallest absolute Gasteiger partial charge is 0.343 e. The summed E-state index contributed by atoms with van der Waals surface area (Å²) < 4.78 is 22.2. The average Bonchev–Trinajstić information content (AvgIpc) is 2.99. The molecule has 8 nitrogen and oxygen atoms in total. The number of hydrogen-bond acceptors (Lipinski definition) is 7. The first kappa shape index (κ1) is 27.9. The normalized spacial score (nSPS) is 10.7. The number of hydrogen-bond donors (Lipinski definition) is 1. The molecule has 0 saturated carbocycles. The minimum absolute atomic E-state index is 0.188. The predicted octanol–water partition coefficient (Wildman–Crippen LogP) is 5.90. The maximum Gasteiger partial charge on any atom is 0.343 e. The van der Waals surface area contributed by atoms with Gasteiger partial charge in [-0.15, -0.1) is 0 Å². The maximum absolute atomic E-state index is 12.6. The van der Waals surface area contributed by atoms with Crippen LogP contribution in [0.5, 0.6) is 23.0 Å². The molecule has 1 amide bonds. The fourth-order valence-electron chi connectivity index (χ4n) is 3.70. The number of carbonyl (C=O) groups is 2. The highest BCUT2D eigenvalue weighted by molar-refractivity contribution is 5.92. The van der Waals surface area contributed by atoms with Gasteiger partial charge in [-0.3, -0.25) is 4.79 Å². The largest absolute Gasteiger partial charge is 0.494 e. The number of nitrogens with one attached hydrogen (secondary N) is 1. The fourth-order valence-corrected chi connectivity index (χ4v) is 3.70. The Morgan fingerprint density at radius 3 is 2.08 bits per heavy atom.